The van der Waals surface area contributed by atoms with E-state index in [1.54, 1.807) is 0 Å². The monoisotopic (exact) mass is 380 g/mol. The Morgan fingerprint density at radius 2 is 1.93 bits per heavy atom. The molecule has 150 valence electrons. The van der Waals surface area contributed by atoms with E-state index in [9.17, 15) is 4.79 Å². The quantitative estimate of drug-likeness (QED) is 0.723. The lowest BCUT2D eigenvalue weighted by molar-refractivity contribution is -0.119. The van der Waals surface area contributed by atoms with Crippen LogP contribution in [0.4, 0.5) is 0 Å². The summed E-state index contributed by atoms with van der Waals surface area (Å²) < 4.78 is 7.88. The number of carbonyl (C=O) groups excluding carboxylic acids is 1. The summed E-state index contributed by atoms with van der Waals surface area (Å²) in [5.74, 6) is 2.49. The van der Waals surface area contributed by atoms with Gasteiger partial charge in [-0.05, 0) is 43.2 Å². The second-order valence-electron chi connectivity index (χ2n) is 9.53. The van der Waals surface area contributed by atoms with E-state index in [1.807, 2.05) is 0 Å². The van der Waals surface area contributed by atoms with E-state index in [0.29, 0.717) is 24.0 Å². The third-order valence-corrected chi connectivity index (χ3v) is 5.88. The Morgan fingerprint density at radius 1 is 1.18 bits per heavy atom. The molecular formula is C24H32N2O2. The van der Waals surface area contributed by atoms with Gasteiger partial charge in [-0.1, -0.05) is 39.0 Å². The minimum Gasteiger partial charge on any atom is -0.381 e. The molecule has 0 bridgehead atoms. The van der Waals surface area contributed by atoms with Gasteiger partial charge in [-0.3, -0.25) is 4.79 Å². The predicted octanol–water partition coefficient (Wildman–Crippen LogP) is 4.80. The molecule has 4 heteroatoms. The van der Waals surface area contributed by atoms with E-state index in [0.717, 1.165) is 68.1 Å². The Balaban J connectivity index is 1.59. The van der Waals surface area contributed by atoms with E-state index >= 15 is 0 Å². The van der Waals surface area contributed by atoms with Crippen molar-refractivity contribution in [1.29, 1.82) is 0 Å². The van der Waals surface area contributed by atoms with Gasteiger partial charge in [0.15, 0.2) is 0 Å². The molecule has 1 saturated heterocycles. The molecule has 2 fully saturated rings. The first-order valence-electron chi connectivity index (χ1n) is 10.7. The highest BCUT2D eigenvalue weighted by Crippen LogP contribution is 2.32. The van der Waals surface area contributed by atoms with Crippen molar-refractivity contribution in [3.8, 4) is 11.3 Å². The van der Waals surface area contributed by atoms with E-state index in [4.69, 9.17) is 9.72 Å². The first-order valence-corrected chi connectivity index (χ1v) is 10.7. The molecule has 28 heavy (non-hydrogen) atoms. The lowest BCUT2D eigenvalue weighted by atomic mass is 9.94. The number of imidazole rings is 1. The molecule has 1 aliphatic carbocycles. The maximum atomic E-state index is 12.2. The van der Waals surface area contributed by atoms with Gasteiger partial charge in [-0.15, -0.1) is 0 Å². The van der Waals surface area contributed by atoms with Crippen LogP contribution in [-0.4, -0.2) is 28.5 Å². The number of rotatable bonds is 6. The maximum Gasteiger partial charge on any atom is 0.140 e. The van der Waals surface area contributed by atoms with E-state index in [2.05, 4.69) is 55.8 Å². The number of ketones is 1. The molecular weight excluding hydrogens is 348 g/mol. The van der Waals surface area contributed by atoms with Gasteiger partial charge >= 0.3 is 0 Å². The molecule has 0 atom stereocenters. The molecule has 1 aromatic heterocycles. The Bertz CT molecular complexity index is 837. The molecule has 1 aliphatic heterocycles. The van der Waals surface area contributed by atoms with Crippen LogP contribution in [0.1, 0.15) is 57.8 Å². The molecule has 2 aromatic rings. The van der Waals surface area contributed by atoms with Gasteiger partial charge in [0.05, 0.1) is 5.69 Å². The van der Waals surface area contributed by atoms with E-state index in [1.165, 1.54) is 0 Å². The first kappa shape index (κ1) is 19.4. The molecule has 4 rings (SSSR count). The van der Waals surface area contributed by atoms with Crippen LogP contribution in [0.25, 0.3) is 11.3 Å². The van der Waals surface area contributed by atoms with Gasteiger partial charge in [-0.25, -0.2) is 4.98 Å². The van der Waals surface area contributed by atoms with Crippen molar-refractivity contribution in [1.82, 2.24) is 9.55 Å². The van der Waals surface area contributed by atoms with Crippen LogP contribution in [-0.2, 0) is 27.9 Å². The molecule has 0 spiro atoms. The SMILES string of the molecule is CC(C)(C)c1nc(-c2cccc(CC(=O)C3CC3)c2)cn1CC1CCOCC1. The fraction of sp³-hybridized carbons (Fsp3) is 0.583. The van der Waals surface area contributed by atoms with Crippen molar-refractivity contribution in [3.63, 3.8) is 0 Å². The lowest BCUT2D eigenvalue weighted by Gasteiger charge is -2.25. The Labute approximate surface area is 168 Å². The number of aromatic nitrogens is 2. The summed E-state index contributed by atoms with van der Waals surface area (Å²) in [5.41, 5.74) is 3.21. The van der Waals surface area contributed by atoms with Crippen LogP contribution in [0.2, 0.25) is 0 Å². The highest BCUT2D eigenvalue weighted by Gasteiger charge is 2.29. The number of hydrogen-bond acceptors (Lipinski definition) is 3. The largest absolute Gasteiger partial charge is 0.381 e. The highest BCUT2D eigenvalue weighted by molar-refractivity contribution is 5.85. The Kier molecular flexibility index (Phi) is 5.42. The molecule has 4 nitrogen and oxygen atoms in total. The van der Waals surface area contributed by atoms with Gasteiger partial charge in [0.25, 0.3) is 0 Å². The van der Waals surface area contributed by atoms with Crippen LogP contribution in [0.15, 0.2) is 30.5 Å². The maximum absolute atomic E-state index is 12.2. The highest BCUT2D eigenvalue weighted by atomic mass is 16.5. The zero-order chi connectivity index (χ0) is 19.7. The summed E-state index contributed by atoms with van der Waals surface area (Å²) in [6.07, 6.45) is 7.14. The topological polar surface area (TPSA) is 44.1 Å². The molecule has 0 N–H and O–H groups in total. The minimum atomic E-state index is -0.0109. The van der Waals surface area contributed by atoms with Crippen LogP contribution < -0.4 is 0 Å². The standard InChI is InChI=1S/C24H32N2O2/c1-24(2,3)23-25-21(16-26(23)15-17-9-11-28-12-10-17)20-6-4-5-18(13-20)14-22(27)19-7-8-19/h4-6,13,16-17,19H,7-12,14-15H2,1-3H3. The lowest BCUT2D eigenvalue weighted by Crippen LogP contribution is -2.24. The molecule has 0 unspecified atom stereocenters. The molecule has 2 aliphatic rings. The molecule has 1 aromatic carbocycles. The van der Waals surface area contributed by atoms with Crippen molar-refractivity contribution in [2.24, 2.45) is 11.8 Å². The smallest absolute Gasteiger partial charge is 0.140 e. The summed E-state index contributed by atoms with van der Waals surface area (Å²) >= 11 is 0. The fourth-order valence-electron chi connectivity index (χ4n) is 4.09. The summed E-state index contributed by atoms with van der Waals surface area (Å²) in [6, 6.07) is 8.37. The summed E-state index contributed by atoms with van der Waals surface area (Å²) in [4.78, 5) is 17.2. The predicted molar refractivity (Wildman–Crippen MR) is 111 cm³/mol. The molecule has 1 saturated carbocycles. The Morgan fingerprint density at radius 3 is 2.61 bits per heavy atom. The van der Waals surface area contributed by atoms with Crippen molar-refractivity contribution in [2.75, 3.05) is 13.2 Å². The summed E-state index contributed by atoms with van der Waals surface area (Å²) in [6.45, 7) is 9.42. The van der Waals surface area contributed by atoms with Crippen molar-refractivity contribution in [2.45, 2.75) is 64.8 Å². The second kappa shape index (κ2) is 7.82. The van der Waals surface area contributed by atoms with E-state index in [-0.39, 0.29) is 5.41 Å². The second-order valence-corrected chi connectivity index (χ2v) is 9.53. The average molecular weight is 381 g/mol. The van der Waals surface area contributed by atoms with Crippen LogP contribution in [0, 0.1) is 11.8 Å². The number of nitrogens with zero attached hydrogens (tertiary/aromatic N) is 2. The normalized spacial score (nSPS) is 18.4. The summed E-state index contributed by atoms with van der Waals surface area (Å²) in [7, 11) is 0. The zero-order valence-electron chi connectivity index (χ0n) is 17.4. The Hall–Kier alpha value is -1.94. The minimum absolute atomic E-state index is 0.0109. The number of Topliss-reactive ketones (excluding diaryl/α,β-unsaturated/α-hetero) is 1. The number of hydrogen-bond donors (Lipinski definition) is 0. The number of benzene rings is 1. The first-order chi connectivity index (χ1) is 13.4. The third kappa shape index (κ3) is 4.54. The molecule has 2 heterocycles. The molecule has 0 amide bonds. The average Bonchev–Trinajstić information content (AvgIpc) is 3.42. The van der Waals surface area contributed by atoms with Gasteiger partial charge in [0.1, 0.15) is 11.6 Å². The third-order valence-electron chi connectivity index (χ3n) is 5.88. The van der Waals surface area contributed by atoms with Crippen molar-refractivity contribution < 1.29 is 9.53 Å². The number of ether oxygens (including phenoxy) is 1. The van der Waals surface area contributed by atoms with Crippen molar-refractivity contribution >= 4 is 5.78 Å². The van der Waals surface area contributed by atoms with Gasteiger partial charge in [-0.2, -0.15) is 0 Å². The van der Waals surface area contributed by atoms with Crippen molar-refractivity contribution in [3.05, 3.63) is 41.9 Å². The fourth-order valence-corrected chi connectivity index (χ4v) is 4.09. The zero-order valence-corrected chi connectivity index (χ0v) is 17.4. The van der Waals surface area contributed by atoms with Gasteiger partial charge in [0.2, 0.25) is 0 Å². The number of carbonyl (C=O) groups is 1. The molecule has 0 radical (unpaired) electrons. The van der Waals surface area contributed by atoms with Crippen LogP contribution >= 0.6 is 0 Å². The summed E-state index contributed by atoms with van der Waals surface area (Å²) in [5, 5.41) is 0. The van der Waals surface area contributed by atoms with Crippen LogP contribution in [0.3, 0.4) is 0 Å². The van der Waals surface area contributed by atoms with Gasteiger partial charge in [0, 0.05) is 49.3 Å². The van der Waals surface area contributed by atoms with E-state index < -0.39 is 0 Å². The van der Waals surface area contributed by atoms with Gasteiger partial charge < -0.3 is 9.30 Å². The van der Waals surface area contributed by atoms with Crippen LogP contribution in [0.5, 0.6) is 0 Å².